The standard InChI is InChI=1S/C27H29ClFN3O4S/c1-3-30-27(34)25(16-20-9-5-4-6-10-20)31(18-21-11-7-12-22(28)15-21)26(33)19-32(37(2,35)36)24-14-8-13-23(29)17-24/h4-15,17,25H,3,16,18-19H2,1-2H3,(H,30,34). The Balaban J connectivity index is 2.04. The third kappa shape index (κ3) is 8.03. The van der Waals surface area contributed by atoms with E-state index in [1.54, 1.807) is 31.2 Å². The van der Waals surface area contributed by atoms with E-state index in [0.29, 0.717) is 17.1 Å². The fourth-order valence-electron chi connectivity index (χ4n) is 3.92. The van der Waals surface area contributed by atoms with E-state index in [4.69, 9.17) is 11.6 Å². The molecule has 10 heteroatoms. The van der Waals surface area contributed by atoms with E-state index in [-0.39, 0.29) is 24.6 Å². The van der Waals surface area contributed by atoms with Crippen LogP contribution in [0.25, 0.3) is 0 Å². The Morgan fingerprint density at radius 1 is 0.973 bits per heavy atom. The van der Waals surface area contributed by atoms with Gasteiger partial charge in [-0.1, -0.05) is 60.1 Å². The molecule has 0 heterocycles. The minimum Gasteiger partial charge on any atom is -0.355 e. The van der Waals surface area contributed by atoms with Gasteiger partial charge in [0.2, 0.25) is 21.8 Å². The molecule has 1 N–H and O–H groups in total. The maximum Gasteiger partial charge on any atom is 0.244 e. The van der Waals surface area contributed by atoms with Crippen molar-refractivity contribution in [3.63, 3.8) is 0 Å². The molecule has 7 nitrogen and oxygen atoms in total. The quantitative estimate of drug-likeness (QED) is 0.394. The van der Waals surface area contributed by atoms with Crippen LogP contribution in [0.15, 0.2) is 78.9 Å². The molecule has 2 amide bonds. The van der Waals surface area contributed by atoms with Gasteiger partial charge < -0.3 is 10.2 Å². The van der Waals surface area contributed by atoms with Crippen molar-refractivity contribution in [3.8, 4) is 0 Å². The molecule has 0 saturated carbocycles. The molecular formula is C27H29ClFN3O4S. The van der Waals surface area contributed by atoms with Gasteiger partial charge >= 0.3 is 0 Å². The summed E-state index contributed by atoms with van der Waals surface area (Å²) < 4.78 is 40.0. The van der Waals surface area contributed by atoms with Crippen LogP contribution in [0, 0.1) is 5.82 Å². The average Bonchev–Trinajstić information content (AvgIpc) is 2.84. The molecule has 0 aliphatic carbocycles. The first-order valence-corrected chi connectivity index (χ1v) is 13.9. The van der Waals surface area contributed by atoms with E-state index >= 15 is 0 Å². The molecule has 1 unspecified atom stereocenters. The molecule has 0 fully saturated rings. The third-order valence-electron chi connectivity index (χ3n) is 5.64. The summed E-state index contributed by atoms with van der Waals surface area (Å²) in [6.45, 7) is 1.51. The predicted octanol–water partition coefficient (Wildman–Crippen LogP) is 4.02. The van der Waals surface area contributed by atoms with E-state index in [1.165, 1.54) is 23.1 Å². The summed E-state index contributed by atoms with van der Waals surface area (Å²) in [6, 6.07) is 20.2. The highest BCUT2D eigenvalue weighted by Crippen LogP contribution is 2.22. The van der Waals surface area contributed by atoms with E-state index in [9.17, 15) is 22.4 Å². The lowest BCUT2D eigenvalue weighted by molar-refractivity contribution is -0.140. The number of nitrogens with one attached hydrogen (secondary N) is 1. The molecule has 1 atom stereocenters. The van der Waals surface area contributed by atoms with Crippen molar-refractivity contribution in [2.75, 3.05) is 23.7 Å². The molecule has 0 aliphatic heterocycles. The first kappa shape index (κ1) is 28.1. The first-order chi connectivity index (χ1) is 17.6. The van der Waals surface area contributed by atoms with Crippen molar-refractivity contribution in [1.82, 2.24) is 10.2 Å². The number of anilines is 1. The predicted molar refractivity (Wildman–Crippen MR) is 143 cm³/mol. The van der Waals surface area contributed by atoms with Crippen LogP contribution in [-0.4, -0.2) is 50.5 Å². The molecule has 3 aromatic carbocycles. The second kappa shape index (κ2) is 12.7. The van der Waals surface area contributed by atoms with Crippen molar-refractivity contribution in [3.05, 3.63) is 101 Å². The number of sulfonamides is 1. The number of hydrogen-bond donors (Lipinski definition) is 1. The zero-order valence-corrected chi connectivity index (χ0v) is 22.2. The Morgan fingerprint density at radius 3 is 2.27 bits per heavy atom. The van der Waals surface area contributed by atoms with Crippen molar-refractivity contribution in [2.45, 2.75) is 25.9 Å². The van der Waals surface area contributed by atoms with Crippen LogP contribution in [-0.2, 0) is 32.6 Å². The minimum atomic E-state index is -3.96. The molecule has 37 heavy (non-hydrogen) atoms. The average molecular weight is 546 g/mol. The number of benzene rings is 3. The number of halogens is 2. The fourth-order valence-corrected chi connectivity index (χ4v) is 4.98. The highest BCUT2D eigenvalue weighted by atomic mass is 35.5. The van der Waals surface area contributed by atoms with E-state index < -0.39 is 34.3 Å². The van der Waals surface area contributed by atoms with Gasteiger partial charge in [0.15, 0.2) is 0 Å². The molecule has 196 valence electrons. The maximum atomic E-state index is 13.9. The lowest BCUT2D eigenvalue weighted by Crippen LogP contribution is -2.53. The topological polar surface area (TPSA) is 86.8 Å². The maximum absolute atomic E-state index is 13.9. The van der Waals surface area contributed by atoms with Crippen molar-refractivity contribution in [1.29, 1.82) is 0 Å². The summed E-state index contributed by atoms with van der Waals surface area (Å²) in [5.41, 5.74) is 1.50. The molecule has 0 saturated heterocycles. The van der Waals surface area contributed by atoms with Crippen LogP contribution in [0.1, 0.15) is 18.1 Å². The highest BCUT2D eigenvalue weighted by molar-refractivity contribution is 7.92. The number of nitrogens with zero attached hydrogens (tertiary/aromatic N) is 2. The van der Waals surface area contributed by atoms with E-state index in [1.807, 2.05) is 30.3 Å². The molecule has 0 spiro atoms. The van der Waals surface area contributed by atoms with Gasteiger partial charge in [0, 0.05) is 24.5 Å². The Morgan fingerprint density at radius 2 is 1.65 bits per heavy atom. The number of amides is 2. The third-order valence-corrected chi connectivity index (χ3v) is 7.02. The monoisotopic (exact) mass is 545 g/mol. The second-order valence-corrected chi connectivity index (χ2v) is 10.8. The number of carbonyl (C=O) groups excluding carboxylic acids is 2. The zero-order valence-electron chi connectivity index (χ0n) is 20.6. The van der Waals surface area contributed by atoms with Crippen LogP contribution in [0.3, 0.4) is 0 Å². The van der Waals surface area contributed by atoms with Gasteiger partial charge in [-0.05, 0) is 48.4 Å². The summed E-state index contributed by atoms with van der Waals surface area (Å²) in [6.07, 6.45) is 1.15. The van der Waals surface area contributed by atoms with Crippen LogP contribution in [0.4, 0.5) is 10.1 Å². The fraction of sp³-hybridized carbons (Fsp3) is 0.259. The van der Waals surface area contributed by atoms with E-state index in [2.05, 4.69) is 5.32 Å². The summed E-state index contributed by atoms with van der Waals surface area (Å²) in [7, 11) is -3.96. The largest absolute Gasteiger partial charge is 0.355 e. The van der Waals surface area contributed by atoms with E-state index in [0.717, 1.165) is 22.2 Å². The van der Waals surface area contributed by atoms with Crippen molar-refractivity contribution < 1.29 is 22.4 Å². The highest BCUT2D eigenvalue weighted by Gasteiger charge is 2.33. The summed E-state index contributed by atoms with van der Waals surface area (Å²) >= 11 is 6.16. The molecule has 3 aromatic rings. The Kier molecular flexibility index (Phi) is 9.66. The summed E-state index contributed by atoms with van der Waals surface area (Å²) in [5, 5.41) is 3.24. The molecule has 3 rings (SSSR count). The number of carbonyl (C=O) groups is 2. The smallest absolute Gasteiger partial charge is 0.244 e. The summed E-state index contributed by atoms with van der Waals surface area (Å²) in [5.74, 6) is -1.64. The molecule has 0 aromatic heterocycles. The second-order valence-electron chi connectivity index (χ2n) is 8.50. The Hall–Kier alpha value is -3.43. The lowest BCUT2D eigenvalue weighted by atomic mass is 10.0. The van der Waals surface area contributed by atoms with Gasteiger partial charge in [0.05, 0.1) is 11.9 Å². The van der Waals surface area contributed by atoms with Gasteiger partial charge in [0.25, 0.3) is 0 Å². The van der Waals surface area contributed by atoms with Crippen LogP contribution >= 0.6 is 11.6 Å². The summed E-state index contributed by atoms with van der Waals surface area (Å²) in [4.78, 5) is 28.4. The van der Waals surface area contributed by atoms with Crippen LogP contribution < -0.4 is 9.62 Å². The molecule has 0 aliphatic rings. The Bertz CT molecular complexity index is 1340. The lowest BCUT2D eigenvalue weighted by Gasteiger charge is -2.33. The van der Waals surface area contributed by atoms with Crippen molar-refractivity contribution >= 4 is 39.1 Å². The molecule has 0 bridgehead atoms. The van der Waals surface area contributed by atoms with Crippen molar-refractivity contribution in [2.24, 2.45) is 0 Å². The van der Waals surface area contributed by atoms with Crippen LogP contribution in [0.2, 0.25) is 5.02 Å². The normalized spacial score (nSPS) is 12.0. The van der Waals surface area contributed by atoms with Gasteiger partial charge in [0.1, 0.15) is 18.4 Å². The SMILES string of the molecule is CCNC(=O)C(Cc1ccccc1)N(Cc1cccc(Cl)c1)C(=O)CN(c1cccc(F)c1)S(C)(=O)=O. The number of hydrogen-bond acceptors (Lipinski definition) is 4. The number of likely N-dealkylation sites (N-methyl/N-ethyl adjacent to an activating group) is 1. The number of rotatable bonds is 11. The molecular weight excluding hydrogens is 517 g/mol. The van der Waals surface area contributed by atoms with Crippen LogP contribution in [0.5, 0.6) is 0 Å². The van der Waals surface area contributed by atoms with Gasteiger partial charge in [-0.15, -0.1) is 0 Å². The van der Waals surface area contributed by atoms with Gasteiger partial charge in [-0.25, -0.2) is 12.8 Å². The molecule has 0 radical (unpaired) electrons. The first-order valence-electron chi connectivity index (χ1n) is 11.7. The van der Waals surface area contributed by atoms with Gasteiger partial charge in [-0.3, -0.25) is 13.9 Å². The minimum absolute atomic E-state index is 0.00871. The Labute approximate surface area is 221 Å². The zero-order chi connectivity index (χ0) is 27.0. The van der Waals surface area contributed by atoms with Gasteiger partial charge in [-0.2, -0.15) is 0 Å².